The lowest BCUT2D eigenvalue weighted by Crippen LogP contribution is -2.05. The van der Waals surface area contributed by atoms with Gasteiger partial charge in [-0.2, -0.15) is 0 Å². The van der Waals surface area contributed by atoms with Crippen molar-refractivity contribution in [3.63, 3.8) is 0 Å². The smallest absolute Gasteiger partial charge is 0.338 e. The molecule has 0 saturated carbocycles. The van der Waals surface area contributed by atoms with Crippen molar-refractivity contribution < 1.29 is 23.5 Å². The van der Waals surface area contributed by atoms with Crippen LogP contribution in [0.4, 0.5) is 0 Å². The highest BCUT2D eigenvalue weighted by Crippen LogP contribution is 2.32. The van der Waals surface area contributed by atoms with Crippen LogP contribution < -0.4 is 9.47 Å². The minimum absolute atomic E-state index is 0.00890. The molecule has 0 aliphatic carbocycles. The van der Waals surface area contributed by atoms with Crippen molar-refractivity contribution in [1.82, 2.24) is 9.72 Å². The molecule has 0 aliphatic rings. The minimum atomic E-state index is -0.426. The fraction of sp³-hybridized carbons (Fsp3) is 0.130. The zero-order valence-electron chi connectivity index (χ0n) is 16.6. The van der Waals surface area contributed by atoms with E-state index in [0.29, 0.717) is 28.5 Å². The first-order valence-electron chi connectivity index (χ1n) is 9.26. The van der Waals surface area contributed by atoms with Crippen LogP contribution >= 0.6 is 0 Å². The summed E-state index contributed by atoms with van der Waals surface area (Å²) >= 11 is 0. The van der Waals surface area contributed by atoms with Crippen LogP contribution in [0, 0.1) is 0 Å². The highest BCUT2D eigenvalue weighted by molar-refractivity contribution is 5.89. The Labute approximate surface area is 173 Å². The Morgan fingerprint density at radius 2 is 1.70 bits per heavy atom. The van der Waals surface area contributed by atoms with Crippen molar-refractivity contribution in [2.24, 2.45) is 0 Å². The van der Waals surface area contributed by atoms with Crippen molar-refractivity contribution in [2.75, 3.05) is 14.2 Å². The maximum absolute atomic E-state index is 12.3. The van der Waals surface area contributed by atoms with Gasteiger partial charge in [0.1, 0.15) is 12.3 Å². The van der Waals surface area contributed by atoms with Gasteiger partial charge in [-0.3, -0.25) is 0 Å². The number of ether oxygens (including phenoxy) is 3. The first-order valence-corrected chi connectivity index (χ1v) is 9.26. The predicted molar refractivity (Wildman–Crippen MR) is 110 cm³/mol. The van der Waals surface area contributed by atoms with Crippen molar-refractivity contribution >= 4 is 5.97 Å². The van der Waals surface area contributed by atoms with Crippen molar-refractivity contribution in [2.45, 2.75) is 6.61 Å². The fourth-order valence-corrected chi connectivity index (χ4v) is 3.00. The number of carbonyl (C=O) groups excluding carboxylic acids is 1. The second-order valence-corrected chi connectivity index (χ2v) is 6.47. The van der Waals surface area contributed by atoms with Gasteiger partial charge >= 0.3 is 5.97 Å². The normalized spacial score (nSPS) is 10.6. The van der Waals surface area contributed by atoms with E-state index < -0.39 is 5.97 Å². The van der Waals surface area contributed by atoms with E-state index in [4.69, 9.17) is 18.7 Å². The van der Waals surface area contributed by atoms with E-state index >= 15 is 0 Å². The Morgan fingerprint density at radius 3 is 2.40 bits per heavy atom. The monoisotopic (exact) mass is 404 g/mol. The number of hydrogen-bond donors (Lipinski definition) is 0. The van der Waals surface area contributed by atoms with Crippen molar-refractivity contribution in [3.8, 4) is 28.5 Å². The predicted octanol–water partition coefficient (Wildman–Crippen LogP) is 4.51. The minimum Gasteiger partial charge on any atom is -0.493 e. The van der Waals surface area contributed by atoms with Gasteiger partial charge in [0.15, 0.2) is 17.3 Å². The van der Waals surface area contributed by atoms with Gasteiger partial charge in [-0.25, -0.2) is 4.79 Å². The Hall–Kier alpha value is -4.00. The van der Waals surface area contributed by atoms with Gasteiger partial charge in [0.05, 0.1) is 19.8 Å². The second kappa shape index (κ2) is 8.57. The molecule has 0 N–H and O–H groups in total. The Balaban J connectivity index is 1.40. The molecule has 0 spiro atoms. The van der Waals surface area contributed by atoms with Gasteiger partial charge in [-0.15, -0.1) is 0 Å². The van der Waals surface area contributed by atoms with Crippen molar-refractivity contribution in [3.05, 3.63) is 84.3 Å². The lowest BCUT2D eigenvalue weighted by atomic mass is 10.1. The van der Waals surface area contributed by atoms with E-state index in [1.54, 1.807) is 44.6 Å². The largest absolute Gasteiger partial charge is 0.493 e. The number of benzene rings is 2. The Bertz CT molecular complexity index is 1130. The number of esters is 1. The summed E-state index contributed by atoms with van der Waals surface area (Å²) < 4.78 is 23.2. The number of methoxy groups -OCH3 is 2. The molecule has 4 rings (SSSR count). The molecule has 4 aromatic rings. The highest BCUT2D eigenvalue weighted by atomic mass is 16.5. The van der Waals surface area contributed by atoms with E-state index in [9.17, 15) is 4.79 Å². The Kier molecular flexibility index (Phi) is 5.52. The topological polar surface area (TPSA) is 75.7 Å². The number of rotatable bonds is 7. The molecule has 7 heteroatoms. The zero-order chi connectivity index (χ0) is 20.9. The van der Waals surface area contributed by atoms with E-state index in [0.717, 1.165) is 11.3 Å². The summed E-state index contributed by atoms with van der Waals surface area (Å²) in [5, 5.41) is 3.98. The standard InChI is InChI=1S/C23H20N2O5/c1-27-20-10-7-17(13-22(20)28-2)21-14-18(24-30-21)15-29-23(26)16-5-8-19(9-6-16)25-11-3-4-12-25/h3-14H,15H2,1-2H3. The molecule has 0 bridgehead atoms. The molecule has 0 unspecified atom stereocenters. The molecule has 7 nitrogen and oxygen atoms in total. The van der Waals surface area contributed by atoms with E-state index in [-0.39, 0.29) is 6.61 Å². The van der Waals surface area contributed by atoms with E-state index in [2.05, 4.69) is 5.16 Å². The third-order valence-electron chi connectivity index (χ3n) is 4.58. The molecular weight excluding hydrogens is 384 g/mol. The second-order valence-electron chi connectivity index (χ2n) is 6.47. The molecule has 152 valence electrons. The van der Waals surface area contributed by atoms with Gasteiger partial charge in [0.25, 0.3) is 0 Å². The van der Waals surface area contributed by atoms with Crippen LogP contribution in [0.1, 0.15) is 16.1 Å². The number of carbonyl (C=O) groups is 1. The van der Waals surface area contributed by atoms with Crippen LogP contribution in [-0.2, 0) is 11.3 Å². The first-order chi connectivity index (χ1) is 14.7. The molecule has 2 aromatic carbocycles. The van der Waals surface area contributed by atoms with Crippen LogP contribution in [0.5, 0.6) is 11.5 Å². The van der Waals surface area contributed by atoms with Gasteiger partial charge in [-0.1, -0.05) is 5.16 Å². The third-order valence-corrected chi connectivity index (χ3v) is 4.58. The molecule has 0 aliphatic heterocycles. The first kappa shape index (κ1) is 19.3. The van der Waals surface area contributed by atoms with Gasteiger partial charge < -0.3 is 23.3 Å². The summed E-state index contributed by atoms with van der Waals surface area (Å²) in [6.07, 6.45) is 3.88. The molecule has 30 heavy (non-hydrogen) atoms. The molecule has 0 fully saturated rings. The molecule has 2 aromatic heterocycles. The number of nitrogens with zero attached hydrogens (tertiary/aromatic N) is 2. The molecule has 2 heterocycles. The molecular formula is C23H20N2O5. The van der Waals surface area contributed by atoms with Crippen LogP contribution in [0.25, 0.3) is 17.0 Å². The maximum atomic E-state index is 12.3. The molecule has 0 amide bonds. The maximum Gasteiger partial charge on any atom is 0.338 e. The molecule has 0 atom stereocenters. The van der Waals surface area contributed by atoms with Gasteiger partial charge in [0.2, 0.25) is 0 Å². The van der Waals surface area contributed by atoms with Crippen LogP contribution in [0.3, 0.4) is 0 Å². The quantitative estimate of drug-likeness (QED) is 0.422. The average molecular weight is 404 g/mol. The zero-order valence-corrected chi connectivity index (χ0v) is 16.6. The fourth-order valence-electron chi connectivity index (χ4n) is 3.00. The Morgan fingerprint density at radius 1 is 0.967 bits per heavy atom. The molecule has 0 saturated heterocycles. The van der Waals surface area contributed by atoms with Gasteiger partial charge in [0, 0.05) is 29.7 Å². The SMILES string of the molecule is COc1ccc(-c2cc(COC(=O)c3ccc(-n4cccc4)cc3)no2)cc1OC. The summed E-state index contributed by atoms with van der Waals surface area (Å²) in [7, 11) is 3.14. The number of aromatic nitrogens is 2. The third kappa shape index (κ3) is 4.05. The van der Waals surface area contributed by atoms with Gasteiger partial charge in [-0.05, 0) is 54.6 Å². The van der Waals surface area contributed by atoms with Crippen molar-refractivity contribution in [1.29, 1.82) is 0 Å². The van der Waals surface area contributed by atoms with Crippen LogP contribution in [-0.4, -0.2) is 29.9 Å². The summed E-state index contributed by atoms with van der Waals surface area (Å²) in [6.45, 7) is 0.00890. The van der Waals surface area contributed by atoms with E-state index in [1.807, 2.05) is 47.3 Å². The summed E-state index contributed by atoms with van der Waals surface area (Å²) in [5.74, 6) is 1.32. The van der Waals surface area contributed by atoms with Crippen LogP contribution in [0.15, 0.2) is 77.6 Å². The average Bonchev–Trinajstić information content (AvgIpc) is 3.49. The highest BCUT2D eigenvalue weighted by Gasteiger charge is 2.13. The summed E-state index contributed by atoms with van der Waals surface area (Å²) in [4.78, 5) is 12.3. The summed E-state index contributed by atoms with van der Waals surface area (Å²) in [6, 6.07) is 18.2. The lowest BCUT2D eigenvalue weighted by Gasteiger charge is -2.07. The molecule has 0 radical (unpaired) electrons. The summed E-state index contributed by atoms with van der Waals surface area (Å²) in [5.41, 5.74) is 2.72. The number of hydrogen-bond acceptors (Lipinski definition) is 6. The lowest BCUT2D eigenvalue weighted by molar-refractivity contribution is 0.0464. The van der Waals surface area contributed by atoms with Crippen LogP contribution in [0.2, 0.25) is 0 Å². The van der Waals surface area contributed by atoms with E-state index in [1.165, 1.54) is 0 Å².